The zero-order chi connectivity index (χ0) is 25.3. The molecule has 19 nitrogen and oxygen atoms in total. The highest BCUT2D eigenvalue weighted by Gasteiger charge is 2.46. The molecule has 190 valence electrons. The molecule has 0 saturated carbocycles. The van der Waals surface area contributed by atoms with E-state index in [9.17, 15) is 38.7 Å². The average molecular weight is 530 g/mol. The van der Waals surface area contributed by atoms with Gasteiger partial charge in [-0.05, 0) is 0 Å². The molecule has 0 aliphatic carbocycles. The second-order valence-corrected chi connectivity index (χ2v) is 9.75. The fraction of sp³-hybridized carbons (Fsp3) is 0.538. The van der Waals surface area contributed by atoms with Gasteiger partial charge in [-0.2, -0.15) is 9.29 Å². The summed E-state index contributed by atoms with van der Waals surface area (Å²) in [4.78, 5) is 51.3. The first kappa shape index (κ1) is 26.2. The molecule has 0 radical (unpaired) electrons. The molecule has 2 aromatic heterocycles. The van der Waals surface area contributed by atoms with E-state index in [-0.39, 0.29) is 17.1 Å². The summed E-state index contributed by atoms with van der Waals surface area (Å²) >= 11 is 0. The van der Waals surface area contributed by atoms with Crippen molar-refractivity contribution in [2.75, 3.05) is 25.5 Å². The summed E-state index contributed by atoms with van der Waals surface area (Å²) in [5.41, 5.74) is 4.62. The topological polar surface area (TPSA) is 291 Å². The van der Waals surface area contributed by atoms with Gasteiger partial charge < -0.3 is 40.9 Å². The molecule has 3 rings (SSSR count). The second-order valence-electron chi connectivity index (χ2n) is 6.70. The highest BCUT2D eigenvalue weighted by Crippen LogP contribution is 2.60. The van der Waals surface area contributed by atoms with Crippen molar-refractivity contribution in [2.45, 2.75) is 24.5 Å². The summed E-state index contributed by atoms with van der Waals surface area (Å²) in [5.74, 6) is -0.250. The molecule has 0 spiro atoms. The summed E-state index contributed by atoms with van der Waals surface area (Å²) in [7, 11) is -10.4. The number of nitrogen functional groups attached to an aromatic ring is 1. The van der Waals surface area contributed by atoms with Crippen LogP contribution < -0.4 is 16.6 Å². The Kier molecular flexibility index (Phi) is 7.73. The second kappa shape index (κ2) is 10.0. The lowest BCUT2D eigenvalue weighted by atomic mass is 10.1. The van der Waals surface area contributed by atoms with Crippen molar-refractivity contribution >= 4 is 38.9 Å². The molecular weight excluding hydrogens is 510 g/mol. The number of phosphoric ester groups is 2. The monoisotopic (exact) mass is 530 g/mol. The normalized spacial score (nSPS) is 26.2. The predicted octanol–water partition coefficient (Wildman–Crippen LogP) is -2.16. The SMILES string of the molecule is Nc1nc2c(ncn2[C@@H]2O[C@H](COP(=O)(O)OP(=O)(O)OCCNC(=O)O)[C@H](O)[C@H]2O)c(=O)[nH]1. The number of hydrogen-bond acceptors (Lipinski definition) is 13. The number of H-pyrrole nitrogens is 1. The molecule has 34 heavy (non-hydrogen) atoms. The van der Waals surface area contributed by atoms with Crippen LogP contribution in [-0.4, -0.2) is 88.8 Å². The summed E-state index contributed by atoms with van der Waals surface area (Å²) in [6, 6.07) is 0. The number of anilines is 1. The van der Waals surface area contributed by atoms with Crippen molar-refractivity contribution in [1.29, 1.82) is 0 Å². The first-order chi connectivity index (χ1) is 15.8. The van der Waals surface area contributed by atoms with E-state index in [0.717, 1.165) is 10.9 Å². The number of aliphatic hydroxyl groups is 2. The predicted molar refractivity (Wildman–Crippen MR) is 107 cm³/mol. The summed E-state index contributed by atoms with van der Waals surface area (Å²) in [6.45, 7) is -1.99. The number of carboxylic acid groups (broad SMARTS) is 1. The lowest BCUT2D eigenvalue weighted by molar-refractivity contribution is -0.0504. The lowest BCUT2D eigenvalue weighted by Crippen LogP contribution is -2.33. The molecule has 2 aromatic rings. The highest BCUT2D eigenvalue weighted by molar-refractivity contribution is 7.61. The number of carbonyl (C=O) groups is 1. The summed E-state index contributed by atoms with van der Waals surface area (Å²) in [5, 5.41) is 30.8. The number of rotatable bonds is 10. The third kappa shape index (κ3) is 6.16. The number of imidazole rings is 1. The van der Waals surface area contributed by atoms with E-state index in [4.69, 9.17) is 15.6 Å². The van der Waals surface area contributed by atoms with E-state index < -0.39 is 71.6 Å². The maximum Gasteiger partial charge on any atom is 0.481 e. The average Bonchev–Trinajstić information content (AvgIpc) is 3.24. The van der Waals surface area contributed by atoms with Crippen LogP contribution in [0.2, 0.25) is 0 Å². The van der Waals surface area contributed by atoms with Crippen molar-refractivity contribution in [3.8, 4) is 0 Å². The molecular formula is C13H20N6O13P2. The van der Waals surface area contributed by atoms with Crippen LogP contribution in [-0.2, 0) is 27.2 Å². The van der Waals surface area contributed by atoms with E-state index in [0.29, 0.717) is 0 Å². The van der Waals surface area contributed by atoms with Gasteiger partial charge in [-0.25, -0.2) is 18.9 Å². The van der Waals surface area contributed by atoms with E-state index in [2.05, 4.69) is 28.3 Å². The molecule has 1 aliphatic heterocycles. The maximum absolute atomic E-state index is 12.0. The van der Waals surface area contributed by atoms with Crippen LogP contribution in [0.25, 0.3) is 11.2 Å². The number of amides is 1. The van der Waals surface area contributed by atoms with Gasteiger partial charge >= 0.3 is 21.7 Å². The minimum atomic E-state index is -5.25. The van der Waals surface area contributed by atoms with Crippen LogP contribution >= 0.6 is 15.6 Å². The number of nitrogens with one attached hydrogen (secondary N) is 2. The Labute approximate surface area is 188 Å². The summed E-state index contributed by atoms with van der Waals surface area (Å²) in [6.07, 6.45) is -6.47. The fourth-order valence-corrected chi connectivity index (χ4v) is 4.97. The first-order valence-electron chi connectivity index (χ1n) is 9.16. The minimum absolute atomic E-state index is 0.0778. The molecule has 3 heterocycles. The van der Waals surface area contributed by atoms with E-state index in [1.807, 2.05) is 5.32 Å². The number of aromatic amines is 1. The number of fused-ring (bicyclic) bond motifs is 1. The van der Waals surface area contributed by atoms with Crippen LogP contribution in [0, 0.1) is 0 Å². The van der Waals surface area contributed by atoms with Gasteiger partial charge in [0.1, 0.15) is 18.3 Å². The van der Waals surface area contributed by atoms with Gasteiger partial charge in [0.2, 0.25) is 5.95 Å². The van der Waals surface area contributed by atoms with Crippen molar-refractivity contribution in [3.63, 3.8) is 0 Å². The fourth-order valence-electron chi connectivity index (χ4n) is 2.89. The Balaban J connectivity index is 1.62. The molecule has 1 aliphatic rings. The van der Waals surface area contributed by atoms with Gasteiger partial charge in [0.25, 0.3) is 5.56 Å². The molecule has 2 unspecified atom stereocenters. The molecule has 1 saturated heterocycles. The number of nitrogens with zero attached hydrogens (tertiary/aromatic N) is 3. The van der Waals surface area contributed by atoms with Crippen LogP contribution in [0.1, 0.15) is 6.23 Å². The number of aliphatic hydroxyl groups excluding tert-OH is 2. The smallest absolute Gasteiger partial charge is 0.465 e. The Morgan fingerprint density at radius 2 is 1.94 bits per heavy atom. The Morgan fingerprint density at radius 3 is 2.62 bits per heavy atom. The van der Waals surface area contributed by atoms with Crippen LogP contribution in [0.4, 0.5) is 10.7 Å². The molecule has 6 atom stereocenters. The maximum atomic E-state index is 12.0. The van der Waals surface area contributed by atoms with E-state index >= 15 is 0 Å². The Bertz CT molecular complexity index is 1200. The molecule has 1 fully saturated rings. The van der Waals surface area contributed by atoms with Crippen molar-refractivity contribution in [3.05, 3.63) is 16.7 Å². The zero-order valence-electron chi connectivity index (χ0n) is 16.8. The number of ether oxygens (including phenoxy) is 1. The largest absolute Gasteiger partial charge is 0.481 e. The van der Waals surface area contributed by atoms with Crippen LogP contribution in [0.15, 0.2) is 11.1 Å². The first-order valence-corrected chi connectivity index (χ1v) is 12.2. The zero-order valence-corrected chi connectivity index (χ0v) is 18.6. The van der Waals surface area contributed by atoms with E-state index in [1.54, 1.807) is 0 Å². The summed E-state index contributed by atoms with van der Waals surface area (Å²) < 4.78 is 43.2. The van der Waals surface area contributed by atoms with Crippen molar-refractivity contribution in [2.24, 2.45) is 0 Å². The Morgan fingerprint density at radius 1 is 1.26 bits per heavy atom. The third-order valence-corrected chi connectivity index (χ3v) is 6.94. The Hall–Kier alpha value is -2.44. The molecule has 0 bridgehead atoms. The quantitative estimate of drug-likeness (QED) is 0.120. The van der Waals surface area contributed by atoms with Crippen molar-refractivity contribution in [1.82, 2.24) is 24.8 Å². The number of hydrogen-bond donors (Lipinski definition) is 8. The van der Waals surface area contributed by atoms with Gasteiger partial charge in [0.15, 0.2) is 17.4 Å². The number of nitrogens with two attached hydrogens (primary N) is 1. The standard InChI is InChI=1S/C13H20N6O13P2/c14-12-17-9-6(10(22)18-12)16-4-19(9)11-8(21)7(20)5(31-11)3-30-34(27,28)32-33(25,26)29-2-1-15-13(23)24/h4-5,7-8,11,15,20-21H,1-3H2,(H,23,24)(H,25,26)(H,27,28)(H3,14,17,18,22)/t5-,7+,8-,11-/m1/s1. The molecule has 21 heteroatoms. The number of phosphoric acid groups is 2. The van der Waals surface area contributed by atoms with Gasteiger partial charge in [0, 0.05) is 6.54 Å². The van der Waals surface area contributed by atoms with E-state index in [1.165, 1.54) is 0 Å². The number of aromatic nitrogens is 4. The minimum Gasteiger partial charge on any atom is -0.465 e. The molecule has 0 aromatic carbocycles. The molecule has 9 N–H and O–H groups in total. The molecule has 1 amide bonds. The van der Waals surface area contributed by atoms with Crippen LogP contribution in [0.5, 0.6) is 0 Å². The van der Waals surface area contributed by atoms with Gasteiger partial charge in [-0.3, -0.25) is 23.4 Å². The van der Waals surface area contributed by atoms with Crippen molar-refractivity contribution < 1.29 is 57.1 Å². The van der Waals surface area contributed by atoms with Gasteiger partial charge in [0.05, 0.1) is 19.5 Å². The lowest BCUT2D eigenvalue weighted by Gasteiger charge is -2.19. The van der Waals surface area contributed by atoms with Crippen LogP contribution in [0.3, 0.4) is 0 Å². The van der Waals surface area contributed by atoms with Gasteiger partial charge in [-0.1, -0.05) is 0 Å². The van der Waals surface area contributed by atoms with Gasteiger partial charge in [-0.15, -0.1) is 0 Å². The third-order valence-electron chi connectivity index (χ3n) is 4.30. The highest BCUT2D eigenvalue weighted by atomic mass is 31.3.